The predicted molar refractivity (Wildman–Crippen MR) is 73.5 cm³/mol. The van der Waals surface area contributed by atoms with Gasteiger partial charge >= 0.3 is 5.97 Å². The molecule has 1 atom stereocenters. The lowest BCUT2D eigenvalue weighted by Gasteiger charge is -2.10. The van der Waals surface area contributed by atoms with Crippen LogP contribution >= 0.6 is 11.8 Å². The van der Waals surface area contributed by atoms with Crippen LogP contribution < -0.4 is 0 Å². The molecule has 1 N–H and O–H groups in total. The van der Waals surface area contributed by atoms with Crippen molar-refractivity contribution in [2.45, 2.75) is 25.5 Å². The molecule has 0 radical (unpaired) electrons. The highest BCUT2D eigenvalue weighted by molar-refractivity contribution is 8.00. The second-order valence-electron chi connectivity index (χ2n) is 4.13. The molecule has 0 fully saturated rings. The van der Waals surface area contributed by atoms with Gasteiger partial charge in [-0.15, -0.1) is 11.8 Å². The van der Waals surface area contributed by atoms with E-state index in [0.717, 1.165) is 11.3 Å². The average Bonchev–Trinajstić information content (AvgIpc) is 2.28. The number of thioether (sulfide) groups is 1. The van der Waals surface area contributed by atoms with Gasteiger partial charge in [0.05, 0.1) is 0 Å². The fourth-order valence-electron chi connectivity index (χ4n) is 1.38. The van der Waals surface area contributed by atoms with Crippen molar-refractivity contribution in [2.24, 2.45) is 0 Å². The van der Waals surface area contributed by atoms with Crippen LogP contribution in [0.2, 0.25) is 0 Å². The molecule has 2 nitrogen and oxygen atoms in total. The molecule has 1 aromatic carbocycles. The van der Waals surface area contributed by atoms with Gasteiger partial charge in [0.1, 0.15) is 5.25 Å². The van der Waals surface area contributed by atoms with Gasteiger partial charge in [-0.25, -0.2) is 0 Å². The molecule has 0 spiro atoms. The Balaban J connectivity index is 2.55. The van der Waals surface area contributed by atoms with E-state index in [1.54, 1.807) is 0 Å². The Morgan fingerprint density at radius 3 is 2.53 bits per heavy atom. The smallest absolute Gasteiger partial charge is 0.316 e. The molecule has 92 valence electrons. The Hall–Kier alpha value is -1.22. The van der Waals surface area contributed by atoms with Crippen molar-refractivity contribution in [2.75, 3.05) is 5.75 Å². The molecular weight excluding hydrogens is 232 g/mol. The van der Waals surface area contributed by atoms with E-state index in [2.05, 4.69) is 6.08 Å². The van der Waals surface area contributed by atoms with E-state index < -0.39 is 5.97 Å². The first kappa shape index (κ1) is 13.8. The number of hydrogen-bond acceptors (Lipinski definition) is 2. The van der Waals surface area contributed by atoms with Gasteiger partial charge in [-0.1, -0.05) is 42.0 Å². The van der Waals surface area contributed by atoms with Crippen LogP contribution in [0.15, 0.2) is 42.0 Å². The van der Waals surface area contributed by atoms with Gasteiger partial charge in [0, 0.05) is 5.75 Å². The van der Waals surface area contributed by atoms with E-state index in [-0.39, 0.29) is 5.25 Å². The van der Waals surface area contributed by atoms with Crippen molar-refractivity contribution in [3.63, 3.8) is 0 Å². The minimum Gasteiger partial charge on any atom is -0.480 e. The zero-order chi connectivity index (χ0) is 12.7. The Morgan fingerprint density at radius 2 is 2.00 bits per heavy atom. The Labute approximate surface area is 107 Å². The van der Waals surface area contributed by atoms with Gasteiger partial charge in [-0.05, 0) is 25.8 Å². The summed E-state index contributed by atoms with van der Waals surface area (Å²) in [6.07, 6.45) is 2.64. The summed E-state index contributed by atoms with van der Waals surface area (Å²) in [6, 6.07) is 9.76. The van der Waals surface area contributed by atoms with Crippen molar-refractivity contribution in [1.29, 1.82) is 0 Å². The quantitative estimate of drug-likeness (QED) is 0.786. The van der Waals surface area contributed by atoms with E-state index in [4.69, 9.17) is 5.11 Å². The lowest BCUT2D eigenvalue weighted by atomic mass is 10.1. The second kappa shape index (κ2) is 7.17. The van der Waals surface area contributed by atoms with Crippen LogP contribution in [0.1, 0.15) is 19.4 Å². The predicted octanol–water partition coefficient (Wildman–Crippen LogP) is 3.38. The summed E-state index contributed by atoms with van der Waals surface area (Å²) >= 11 is 1.48. The Kier molecular flexibility index (Phi) is 5.84. The Bertz CT molecular complexity index is 380. The van der Waals surface area contributed by atoms with E-state index in [0.29, 0.717) is 6.42 Å². The van der Waals surface area contributed by atoms with Crippen LogP contribution in [0.25, 0.3) is 0 Å². The molecule has 0 aromatic heterocycles. The summed E-state index contributed by atoms with van der Waals surface area (Å²) in [7, 11) is 0. The Morgan fingerprint density at radius 1 is 1.35 bits per heavy atom. The van der Waals surface area contributed by atoms with Crippen molar-refractivity contribution in [1.82, 2.24) is 0 Å². The first-order valence-corrected chi connectivity index (χ1v) is 6.66. The zero-order valence-corrected chi connectivity index (χ0v) is 11.0. The average molecular weight is 250 g/mol. The molecule has 0 saturated carbocycles. The van der Waals surface area contributed by atoms with Crippen molar-refractivity contribution in [3.05, 3.63) is 47.5 Å². The molecule has 0 aliphatic rings. The van der Waals surface area contributed by atoms with Crippen LogP contribution in [0, 0.1) is 0 Å². The maximum Gasteiger partial charge on any atom is 0.316 e. The van der Waals surface area contributed by atoms with E-state index in [9.17, 15) is 4.79 Å². The maximum atomic E-state index is 11.1. The molecule has 0 aliphatic carbocycles. The third kappa shape index (κ3) is 5.59. The molecule has 0 unspecified atom stereocenters. The molecule has 0 amide bonds. The molecule has 1 aromatic rings. The lowest BCUT2D eigenvalue weighted by molar-refractivity contribution is -0.136. The molecule has 0 heterocycles. The van der Waals surface area contributed by atoms with Crippen LogP contribution in [0.3, 0.4) is 0 Å². The van der Waals surface area contributed by atoms with E-state index in [1.807, 2.05) is 44.2 Å². The first-order chi connectivity index (χ1) is 8.09. The van der Waals surface area contributed by atoms with Gasteiger partial charge in [-0.2, -0.15) is 0 Å². The van der Waals surface area contributed by atoms with Crippen LogP contribution in [-0.2, 0) is 11.2 Å². The fraction of sp³-hybridized carbons (Fsp3) is 0.357. The van der Waals surface area contributed by atoms with Crippen LogP contribution in [0.5, 0.6) is 0 Å². The normalized spacial score (nSPS) is 11.9. The van der Waals surface area contributed by atoms with Crippen molar-refractivity contribution >= 4 is 17.7 Å². The number of carbonyl (C=O) groups is 1. The van der Waals surface area contributed by atoms with Crippen LogP contribution in [-0.4, -0.2) is 22.1 Å². The SMILES string of the molecule is CC(C)=CCS[C@H](Cc1ccccc1)C(=O)O. The number of rotatable bonds is 6. The number of carboxylic acid groups (broad SMARTS) is 1. The number of aliphatic carboxylic acids is 1. The van der Waals surface area contributed by atoms with Crippen molar-refractivity contribution in [3.8, 4) is 0 Å². The minimum absolute atomic E-state index is 0.368. The lowest BCUT2D eigenvalue weighted by Crippen LogP contribution is -2.19. The standard InChI is InChI=1S/C14H18O2S/c1-11(2)8-9-17-13(14(15)16)10-12-6-4-3-5-7-12/h3-8,13H,9-10H2,1-2H3,(H,15,16)/t13-/m1/s1. The van der Waals surface area contributed by atoms with Crippen LogP contribution in [0.4, 0.5) is 0 Å². The summed E-state index contributed by atoms with van der Waals surface area (Å²) in [6.45, 7) is 4.04. The summed E-state index contributed by atoms with van der Waals surface area (Å²) in [5.41, 5.74) is 2.30. The fourth-order valence-corrected chi connectivity index (χ4v) is 2.49. The first-order valence-electron chi connectivity index (χ1n) is 5.61. The number of benzene rings is 1. The zero-order valence-electron chi connectivity index (χ0n) is 10.2. The molecule has 0 saturated heterocycles. The number of hydrogen-bond donors (Lipinski definition) is 1. The summed E-state index contributed by atoms with van der Waals surface area (Å²) in [5, 5.41) is 8.79. The minimum atomic E-state index is -0.735. The highest BCUT2D eigenvalue weighted by Crippen LogP contribution is 2.17. The van der Waals surface area contributed by atoms with Gasteiger partial charge in [0.25, 0.3) is 0 Å². The molecule has 17 heavy (non-hydrogen) atoms. The number of allylic oxidation sites excluding steroid dienone is 1. The number of carboxylic acids is 1. The molecular formula is C14H18O2S. The third-order valence-electron chi connectivity index (χ3n) is 2.33. The second-order valence-corrected chi connectivity index (χ2v) is 5.37. The molecule has 3 heteroatoms. The summed E-state index contributed by atoms with van der Waals surface area (Å²) in [4.78, 5) is 11.1. The van der Waals surface area contributed by atoms with Gasteiger partial charge in [0.15, 0.2) is 0 Å². The largest absolute Gasteiger partial charge is 0.480 e. The van der Waals surface area contributed by atoms with E-state index >= 15 is 0 Å². The topological polar surface area (TPSA) is 37.3 Å². The highest BCUT2D eigenvalue weighted by Gasteiger charge is 2.17. The van der Waals surface area contributed by atoms with Gasteiger partial charge in [-0.3, -0.25) is 4.79 Å². The molecule has 0 bridgehead atoms. The third-order valence-corrected chi connectivity index (χ3v) is 3.46. The van der Waals surface area contributed by atoms with Gasteiger partial charge in [0.2, 0.25) is 0 Å². The van der Waals surface area contributed by atoms with Crippen molar-refractivity contribution < 1.29 is 9.90 Å². The summed E-state index contributed by atoms with van der Waals surface area (Å²) in [5.74, 6) is 0.0209. The maximum absolute atomic E-state index is 11.1. The van der Waals surface area contributed by atoms with E-state index in [1.165, 1.54) is 17.3 Å². The molecule has 1 rings (SSSR count). The molecule has 0 aliphatic heterocycles. The highest BCUT2D eigenvalue weighted by atomic mass is 32.2. The monoisotopic (exact) mass is 250 g/mol. The summed E-state index contributed by atoms with van der Waals surface area (Å²) < 4.78 is 0. The van der Waals surface area contributed by atoms with Gasteiger partial charge < -0.3 is 5.11 Å².